The van der Waals surface area contributed by atoms with Gasteiger partial charge in [-0.15, -0.1) is 0 Å². The normalized spacial score (nSPS) is 12.2. The molecule has 5 heteroatoms. The second-order valence-corrected chi connectivity index (χ2v) is 8.53. The number of nitrogens with zero attached hydrogens (tertiary/aromatic N) is 3. The second kappa shape index (κ2) is 8.95. The maximum Gasteiger partial charge on any atom is 0.254 e. The zero-order valence-electron chi connectivity index (χ0n) is 19.0. The fourth-order valence-electron chi connectivity index (χ4n) is 4.11. The predicted octanol–water partition coefficient (Wildman–Crippen LogP) is 5.63. The van der Waals surface area contributed by atoms with Crippen LogP contribution in [0.4, 0.5) is 4.39 Å². The topological polar surface area (TPSA) is 39.8 Å². The van der Waals surface area contributed by atoms with Gasteiger partial charge in [0.1, 0.15) is 6.67 Å². The zero-order chi connectivity index (χ0) is 22.8. The van der Waals surface area contributed by atoms with E-state index in [1.165, 1.54) is 0 Å². The summed E-state index contributed by atoms with van der Waals surface area (Å²) in [6.45, 7) is 7.41. The van der Waals surface area contributed by atoms with Gasteiger partial charge in [-0.3, -0.25) is 4.79 Å². The van der Waals surface area contributed by atoms with Gasteiger partial charge in [0.2, 0.25) is 0 Å². The largest absolute Gasteiger partial charge is 0.308 e. The van der Waals surface area contributed by atoms with Gasteiger partial charge < -0.3 is 9.13 Å². The smallest absolute Gasteiger partial charge is 0.254 e. The lowest BCUT2D eigenvalue weighted by atomic mass is 10.0. The highest BCUT2D eigenvalue weighted by atomic mass is 19.1. The number of alkyl halides is 1. The van der Waals surface area contributed by atoms with Crippen molar-refractivity contribution in [3.8, 4) is 5.69 Å². The summed E-state index contributed by atoms with van der Waals surface area (Å²) >= 11 is 0. The first-order chi connectivity index (χ1) is 15.4. The lowest BCUT2D eigenvalue weighted by Crippen LogP contribution is -2.27. The number of hydrogen-bond donors (Lipinski definition) is 0. The van der Waals surface area contributed by atoms with Crippen LogP contribution in [0.3, 0.4) is 0 Å². The second-order valence-electron chi connectivity index (χ2n) is 8.53. The molecule has 0 aliphatic rings. The molecule has 164 valence electrons. The molecule has 4 rings (SSSR count). The molecule has 4 aromatic rings. The van der Waals surface area contributed by atoms with E-state index in [9.17, 15) is 9.18 Å². The van der Waals surface area contributed by atoms with E-state index in [4.69, 9.17) is 0 Å². The van der Waals surface area contributed by atoms with Crippen LogP contribution in [0.5, 0.6) is 0 Å². The highest BCUT2D eigenvalue weighted by Crippen LogP contribution is 2.21. The van der Waals surface area contributed by atoms with Crippen LogP contribution >= 0.6 is 0 Å². The van der Waals surface area contributed by atoms with Gasteiger partial charge in [-0.25, -0.2) is 9.37 Å². The maximum absolute atomic E-state index is 13.7. The number of aromatic nitrogens is 3. The summed E-state index contributed by atoms with van der Waals surface area (Å²) < 4.78 is 17.3. The summed E-state index contributed by atoms with van der Waals surface area (Å²) in [5.74, 6) is 0. The molecule has 0 saturated heterocycles. The first-order valence-electron chi connectivity index (χ1n) is 10.8. The van der Waals surface area contributed by atoms with Gasteiger partial charge in [-0.2, -0.15) is 0 Å². The molecular formula is C27H28FN3O. The Morgan fingerprint density at radius 2 is 1.72 bits per heavy atom. The fraction of sp³-hybridized carbons (Fsp3) is 0.259. The van der Waals surface area contributed by atoms with E-state index in [0.29, 0.717) is 17.5 Å². The maximum atomic E-state index is 13.7. The summed E-state index contributed by atoms with van der Waals surface area (Å²) in [5.41, 5.74) is 7.34. The summed E-state index contributed by atoms with van der Waals surface area (Å²) in [6.07, 6.45) is 5.88. The van der Waals surface area contributed by atoms with Crippen molar-refractivity contribution in [2.75, 3.05) is 0 Å². The monoisotopic (exact) mass is 429 g/mol. The van der Waals surface area contributed by atoms with E-state index in [0.717, 1.165) is 33.6 Å². The number of halogens is 1. The van der Waals surface area contributed by atoms with Crippen molar-refractivity contribution in [1.82, 2.24) is 14.1 Å². The molecule has 1 atom stereocenters. The van der Waals surface area contributed by atoms with Gasteiger partial charge in [0.25, 0.3) is 5.56 Å². The lowest BCUT2D eigenvalue weighted by Gasteiger charge is -2.18. The molecule has 0 saturated carbocycles. The number of hydrogen-bond acceptors (Lipinski definition) is 2. The summed E-state index contributed by atoms with van der Waals surface area (Å²) in [6, 6.07) is 15.8. The van der Waals surface area contributed by atoms with Crippen molar-refractivity contribution in [2.45, 2.75) is 46.8 Å². The number of benzene rings is 2. The van der Waals surface area contributed by atoms with Crippen LogP contribution in [-0.4, -0.2) is 14.1 Å². The first kappa shape index (κ1) is 21.8. The Balaban J connectivity index is 1.68. The number of rotatable bonds is 6. The van der Waals surface area contributed by atoms with Crippen LogP contribution < -0.4 is 5.56 Å². The molecule has 2 heterocycles. The quantitative estimate of drug-likeness (QED) is 0.399. The molecule has 0 aliphatic heterocycles. The molecule has 0 radical (unpaired) electrons. The fourth-order valence-corrected chi connectivity index (χ4v) is 4.11. The van der Waals surface area contributed by atoms with Gasteiger partial charge in [-0.05, 0) is 62.1 Å². The molecule has 0 N–H and O–H groups in total. The van der Waals surface area contributed by atoms with Crippen molar-refractivity contribution in [3.63, 3.8) is 0 Å². The average Bonchev–Trinajstić information content (AvgIpc) is 3.21. The van der Waals surface area contributed by atoms with E-state index < -0.39 is 6.67 Å². The summed E-state index contributed by atoms with van der Waals surface area (Å²) in [7, 11) is 0. The molecule has 0 bridgehead atoms. The minimum absolute atomic E-state index is 0.0813. The van der Waals surface area contributed by atoms with Gasteiger partial charge in [0.15, 0.2) is 0 Å². The molecule has 0 amide bonds. The number of aryl methyl sites for hydroxylation is 3. The minimum Gasteiger partial charge on any atom is -0.308 e. The molecule has 0 fully saturated rings. The molecule has 2 aromatic carbocycles. The van der Waals surface area contributed by atoms with E-state index in [-0.39, 0.29) is 11.6 Å². The first-order valence-corrected chi connectivity index (χ1v) is 10.8. The highest BCUT2D eigenvalue weighted by Gasteiger charge is 2.15. The van der Waals surface area contributed by atoms with E-state index in [1.807, 2.05) is 74.9 Å². The Morgan fingerprint density at radius 3 is 2.34 bits per heavy atom. The minimum atomic E-state index is -0.605. The summed E-state index contributed by atoms with van der Waals surface area (Å²) in [5, 5.41) is 0. The molecular weight excluding hydrogens is 401 g/mol. The van der Waals surface area contributed by atoms with Gasteiger partial charge in [0.05, 0.1) is 18.1 Å². The number of imidazole rings is 1. The van der Waals surface area contributed by atoms with Crippen molar-refractivity contribution in [3.05, 3.63) is 117 Å². The summed E-state index contributed by atoms with van der Waals surface area (Å²) in [4.78, 5) is 17.6. The molecule has 0 spiro atoms. The number of pyridine rings is 1. The van der Waals surface area contributed by atoms with E-state index >= 15 is 0 Å². The van der Waals surface area contributed by atoms with E-state index in [2.05, 4.69) is 11.1 Å². The average molecular weight is 430 g/mol. The van der Waals surface area contributed by atoms with Crippen LogP contribution in [0.25, 0.3) is 5.69 Å². The van der Waals surface area contributed by atoms with Crippen LogP contribution in [0.15, 0.2) is 72.0 Å². The highest BCUT2D eigenvalue weighted by molar-refractivity contribution is 5.44. The zero-order valence-corrected chi connectivity index (χ0v) is 19.0. The Labute approximate surface area is 188 Å². The van der Waals surface area contributed by atoms with Crippen LogP contribution in [0, 0.1) is 20.8 Å². The van der Waals surface area contributed by atoms with Gasteiger partial charge in [-0.1, -0.05) is 42.0 Å². The van der Waals surface area contributed by atoms with Crippen LogP contribution in [0.2, 0.25) is 0 Å². The van der Waals surface area contributed by atoms with Crippen molar-refractivity contribution >= 4 is 0 Å². The van der Waals surface area contributed by atoms with Gasteiger partial charge in [0, 0.05) is 30.1 Å². The third kappa shape index (κ3) is 4.42. The van der Waals surface area contributed by atoms with Crippen LogP contribution in [-0.2, 0) is 13.1 Å². The van der Waals surface area contributed by atoms with Crippen LogP contribution in [0.1, 0.15) is 52.0 Å². The third-order valence-corrected chi connectivity index (χ3v) is 5.95. The van der Waals surface area contributed by atoms with Crippen molar-refractivity contribution in [1.29, 1.82) is 0 Å². The Kier molecular flexibility index (Phi) is 6.08. The van der Waals surface area contributed by atoms with Gasteiger partial charge >= 0.3 is 0 Å². The Bertz CT molecular complexity index is 1300. The standard InChI is InChI=1S/C27H28FN3O/c1-18-5-8-24(9-6-18)21(4)31-16-23(14-28)13-25(27(31)32)12-22-7-10-26(19(2)11-22)30-15-20(3)29-17-30/h5-11,13,15-17,21H,12,14H2,1-4H3/t21-/m0/s1. The Hall–Kier alpha value is -3.47. The van der Waals surface area contributed by atoms with E-state index in [1.54, 1.807) is 23.2 Å². The molecule has 0 unspecified atom stereocenters. The molecule has 32 heavy (non-hydrogen) atoms. The third-order valence-electron chi connectivity index (χ3n) is 5.95. The van der Waals surface area contributed by atoms with Crippen molar-refractivity contribution in [2.24, 2.45) is 0 Å². The van der Waals surface area contributed by atoms with Crippen molar-refractivity contribution < 1.29 is 4.39 Å². The lowest BCUT2D eigenvalue weighted by molar-refractivity contribution is 0.477. The molecule has 2 aromatic heterocycles. The molecule has 0 aliphatic carbocycles. The SMILES string of the molecule is Cc1ccc([C@H](C)n2cc(CF)cc(Cc3ccc(-n4cnc(C)c4)c(C)c3)c2=O)cc1. The Morgan fingerprint density at radius 1 is 0.969 bits per heavy atom. The molecule has 4 nitrogen and oxygen atoms in total. The predicted molar refractivity (Wildman–Crippen MR) is 126 cm³/mol.